The maximum Gasteiger partial charge on any atom is 0.137 e. The van der Waals surface area contributed by atoms with Crippen molar-refractivity contribution in [2.75, 3.05) is 39.8 Å². The highest BCUT2D eigenvalue weighted by Crippen LogP contribution is 2.31. The predicted molar refractivity (Wildman–Crippen MR) is 88.1 cm³/mol. The Hall–Kier alpha value is -0.810. The summed E-state index contributed by atoms with van der Waals surface area (Å²) in [4.78, 5) is 4.84. The highest BCUT2D eigenvalue weighted by Gasteiger charge is 2.28. The first kappa shape index (κ1) is 16.6. The molecule has 2 N–H and O–H groups in total. The van der Waals surface area contributed by atoms with Crippen LogP contribution < -0.4 is 10.5 Å². The van der Waals surface area contributed by atoms with Gasteiger partial charge in [0.1, 0.15) is 5.75 Å². The second-order valence-electron chi connectivity index (χ2n) is 5.72. The van der Waals surface area contributed by atoms with E-state index in [4.69, 9.17) is 22.1 Å². The molecule has 0 spiro atoms. The fourth-order valence-corrected chi connectivity index (χ4v) is 3.32. The molecule has 0 aromatic heterocycles. The molecule has 0 aliphatic carbocycles. The normalized spacial score (nSPS) is 22.2. The zero-order valence-corrected chi connectivity index (χ0v) is 13.9. The van der Waals surface area contributed by atoms with Crippen molar-refractivity contribution < 1.29 is 4.74 Å². The number of hydrogen-bond donors (Lipinski definition) is 1. The van der Waals surface area contributed by atoms with Gasteiger partial charge in [-0.05, 0) is 38.6 Å². The van der Waals surface area contributed by atoms with Crippen molar-refractivity contribution in [1.29, 1.82) is 0 Å². The van der Waals surface area contributed by atoms with Crippen LogP contribution in [0, 0.1) is 0 Å². The molecule has 118 valence electrons. The Labute approximate surface area is 132 Å². The second-order valence-corrected chi connectivity index (χ2v) is 6.13. The molecule has 1 aliphatic heterocycles. The van der Waals surface area contributed by atoms with Crippen LogP contribution in [-0.2, 0) is 0 Å². The van der Waals surface area contributed by atoms with E-state index in [1.54, 1.807) is 0 Å². The van der Waals surface area contributed by atoms with E-state index in [2.05, 4.69) is 29.8 Å². The molecule has 0 saturated carbocycles. The van der Waals surface area contributed by atoms with Gasteiger partial charge in [-0.2, -0.15) is 0 Å². The van der Waals surface area contributed by atoms with Crippen LogP contribution in [0.2, 0.25) is 5.02 Å². The first-order chi connectivity index (χ1) is 10.1. The van der Waals surface area contributed by atoms with Crippen LogP contribution in [0.1, 0.15) is 25.5 Å². The topological polar surface area (TPSA) is 41.7 Å². The van der Waals surface area contributed by atoms with Crippen molar-refractivity contribution in [1.82, 2.24) is 9.80 Å². The fourth-order valence-electron chi connectivity index (χ4n) is 3.08. The van der Waals surface area contributed by atoms with Crippen LogP contribution >= 0.6 is 11.6 Å². The standard InChI is InChI=1S/C16H26ClN3O/c1-4-21-16-6-5-13(9-14(16)17)15(10-18)20-8-7-19(3)11-12(20)2/h5-6,9,12,15H,4,7-8,10-11,18H2,1-3H3. The highest BCUT2D eigenvalue weighted by molar-refractivity contribution is 6.32. The SMILES string of the molecule is CCOc1ccc(C(CN)N2CCN(C)CC2C)cc1Cl. The van der Waals surface area contributed by atoms with Crippen LogP contribution in [0.5, 0.6) is 5.75 Å². The van der Waals surface area contributed by atoms with Crippen molar-refractivity contribution >= 4 is 11.6 Å². The summed E-state index contributed by atoms with van der Waals surface area (Å²) in [5, 5.41) is 0.662. The van der Waals surface area contributed by atoms with E-state index in [0.717, 1.165) is 25.4 Å². The molecule has 2 rings (SSSR count). The van der Waals surface area contributed by atoms with E-state index >= 15 is 0 Å². The lowest BCUT2D eigenvalue weighted by molar-refractivity contribution is 0.0635. The molecule has 2 unspecified atom stereocenters. The molecule has 1 aliphatic rings. The summed E-state index contributed by atoms with van der Waals surface area (Å²) in [6, 6.07) is 6.73. The summed E-state index contributed by atoms with van der Waals surface area (Å²) in [7, 11) is 2.17. The van der Waals surface area contributed by atoms with Crippen LogP contribution in [0.3, 0.4) is 0 Å². The molecule has 1 saturated heterocycles. The Bertz CT molecular complexity index is 469. The summed E-state index contributed by atoms with van der Waals surface area (Å²) < 4.78 is 5.50. The van der Waals surface area contributed by atoms with Crippen LogP contribution in [0.4, 0.5) is 0 Å². The molecule has 0 bridgehead atoms. The molecular formula is C16H26ClN3O. The van der Waals surface area contributed by atoms with Gasteiger partial charge in [-0.1, -0.05) is 17.7 Å². The van der Waals surface area contributed by atoms with Crippen molar-refractivity contribution in [2.45, 2.75) is 25.9 Å². The van der Waals surface area contributed by atoms with E-state index in [9.17, 15) is 0 Å². The third-order valence-electron chi connectivity index (χ3n) is 4.15. The number of benzene rings is 1. The minimum atomic E-state index is 0.210. The third-order valence-corrected chi connectivity index (χ3v) is 4.44. The average Bonchev–Trinajstić information content (AvgIpc) is 2.45. The Balaban J connectivity index is 2.19. The van der Waals surface area contributed by atoms with Crippen molar-refractivity contribution in [3.05, 3.63) is 28.8 Å². The number of ether oxygens (including phenoxy) is 1. The van der Waals surface area contributed by atoms with E-state index in [0.29, 0.717) is 24.2 Å². The molecule has 1 aromatic rings. The van der Waals surface area contributed by atoms with Gasteiger partial charge < -0.3 is 15.4 Å². The largest absolute Gasteiger partial charge is 0.492 e. The summed E-state index contributed by atoms with van der Waals surface area (Å²) in [5.41, 5.74) is 7.22. The van der Waals surface area contributed by atoms with Gasteiger partial charge in [-0.15, -0.1) is 0 Å². The lowest BCUT2D eigenvalue weighted by Gasteiger charge is -2.42. The maximum absolute atomic E-state index is 6.32. The predicted octanol–water partition coefficient (Wildman–Crippen LogP) is 2.37. The number of nitrogens with two attached hydrogens (primary N) is 1. The van der Waals surface area contributed by atoms with Gasteiger partial charge in [0.2, 0.25) is 0 Å². The number of halogens is 1. The van der Waals surface area contributed by atoms with Gasteiger partial charge in [0.25, 0.3) is 0 Å². The van der Waals surface area contributed by atoms with Gasteiger partial charge in [0.15, 0.2) is 0 Å². The van der Waals surface area contributed by atoms with Gasteiger partial charge in [-0.3, -0.25) is 4.90 Å². The summed E-state index contributed by atoms with van der Waals surface area (Å²) in [6.07, 6.45) is 0. The molecule has 2 atom stereocenters. The van der Waals surface area contributed by atoms with Gasteiger partial charge in [0, 0.05) is 38.3 Å². The third kappa shape index (κ3) is 3.89. The number of rotatable bonds is 5. The Morgan fingerprint density at radius 2 is 2.19 bits per heavy atom. The molecule has 1 heterocycles. The Kier molecular flexibility index (Phi) is 5.88. The maximum atomic E-state index is 6.32. The quantitative estimate of drug-likeness (QED) is 0.906. The molecule has 5 heteroatoms. The number of likely N-dealkylation sites (N-methyl/N-ethyl adjacent to an activating group) is 1. The lowest BCUT2D eigenvalue weighted by Crippen LogP contribution is -2.52. The first-order valence-corrected chi connectivity index (χ1v) is 8.01. The Morgan fingerprint density at radius 1 is 1.43 bits per heavy atom. The molecule has 21 heavy (non-hydrogen) atoms. The van der Waals surface area contributed by atoms with Gasteiger partial charge in [-0.25, -0.2) is 0 Å². The van der Waals surface area contributed by atoms with Crippen LogP contribution in [0.25, 0.3) is 0 Å². The zero-order valence-electron chi connectivity index (χ0n) is 13.2. The first-order valence-electron chi connectivity index (χ1n) is 7.63. The average molecular weight is 312 g/mol. The molecule has 1 aromatic carbocycles. The highest BCUT2D eigenvalue weighted by atomic mass is 35.5. The summed E-state index contributed by atoms with van der Waals surface area (Å²) in [5.74, 6) is 0.741. The summed E-state index contributed by atoms with van der Waals surface area (Å²) >= 11 is 6.32. The van der Waals surface area contributed by atoms with E-state index in [1.807, 2.05) is 19.1 Å². The van der Waals surface area contributed by atoms with E-state index < -0.39 is 0 Å². The van der Waals surface area contributed by atoms with Crippen LogP contribution in [-0.4, -0.2) is 55.7 Å². The lowest BCUT2D eigenvalue weighted by atomic mass is 10.0. The van der Waals surface area contributed by atoms with E-state index in [1.165, 1.54) is 5.56 Å². The zero-order chi connectivity index (χ0) is 15.4. The minimum Gasteiger partial charge on any atom is -0.492 e. The molecule has 0 radical (unpaired) electrons. The van der Waals surface area contributed by atoms with Crippen molar-refractivity contribution in [3.8, 4) is 5.75 Å². The van der Waals surface area contributed by atoms with Crippen molar-refractivity contribution in [3.63, 3.8) is 0 Å². The number of piperazine rings is 1. The molecule has 4 nitrogen and oxygen atoms in total. The fraction of sp³-hybridized carbons (Fsp3) is 0.625. The minimum absolute atomic E-state index is 0.210. The number of nitrogens with zero attached hydrogens (tertiary/aromatic N) is 2. The van der Waals surface area contributed by atoms with Crippen molar-refractivity contribution in [2.24, 2.45) is 5.73 Å². The molecule has 1 fully saturated rings. The van der Waals surface area contributed by atoms with E-state index in [-0.39, 0.29) is 6.04 Å². The molecule has 0 amide bonds. The number of hydrogen-bond acceptors (Lipinski definition) is 4. The molecular weight excluding hydrogens is 286 g/mol. The summed E-state index contributed by atoms with van der Waals surface area (Å²) in [6.45, 7) is 8.61. The monoisotopic (exact) mass is 311 g/mol. The smallest absolute Gasteiger partial charge is 0.137 e. The second kappa shape index (κ2) is 7.45. The van der Waals surface area contributed by atoms with Gasteiger partial charge >= 0.3 is 0 Å². The van der Waals surface area contributed by atoms with Crippen LogP contribution in [0.15, 0.2) is 18.2 Å². The van der Waals surface area contributed by atoms with Gasteiger partial charge in [0.05, 0.1) is 11.6 Å². The Morgan fingerprint density at radius 3 is 2.76 bits per heavy atom.